The quantitative estimate of drug-likeness (QED) is 0.935. The van der Waals surface area contributed by atoms with E-state index in [1.165, 1.54) is 6.92 Å². The van der Waals surface area contributed by atoms with E-state index >= 15 is 0 Å². The van der Waals surface area contributed by atoms with Crippen molar-refractivity contribution in [2.45, 2.75) is 19.2 Å². The summed E-state index contributed by atoms with van der Waals surface area (Å²) in [6.45, 7) is 3.51. The van der Waals surface area contributed by atoms with E-state index in [9.17, 15) is 9.59 Å². The van der Waals surface area contributed by atoms with E-state index in [0.717, 1.165) is 22.5 Å². The number of hydrogen-bond acceptors (Lipinski definition) is 3. The lowest BCUT2D eigenvalue weighted by Crippen LogP contribution is -2.28. The Morgan fingerprint density at radius 3 is 2.57 bits per heavy atom. The molecule has 1 saturated heterocycles. The van der Waals surface area contributed by atoms with Gasteiger partial charge in [0.05, 0.1) is 5.75 Å². The number of amides is 2. The maximum atomic E-state index is 12.4. The largest absolute Gasteiger partial charge is 0.326 e. The first kappa shape index (κ1) is 15.6. The van der Waals surface area contributed by atoms with Crippen LogP contribution >= 0.6 is 11.8 Å². The predicted octanol–water partition coefficient (Wildman–Crippen LogP) is 3.73. The molecule has 0 aromatic heterocycles. The number of anilines is 2. The molecule has 5 heteroatoms. The molecule has 3 rings (SSSR count). The van der Waals surface area contributed by atoms with Gasteiger partial charge in [0.15, 0.2) is 0 Å². The monoisotopic (exact) mass is 326 g/mol. The van der Waals surface area contributed by atoms with Crippen molar-refractivity contribution in [2.75, 3.05) is 16.0 Å². The fraction of sp³-hybridized carbons (Fsp3) is 0.222. The third-order valence-electron chi connectivity index (χ3n) is 3.72. The predicted molar refractivity (Wildman–Crippen MR) is 94.6 cm³/mol. The normalized spacial score (nSPS) is 17.4. The van der Waals surface area contributed by atoms with E-state index in [0.29, 0.717) is 5.75 Å². The zero-order chi connectivity index (χ0) is 16.4. The minimum absolute atomic E-state index is 0.0847. The fourth-order valence-electron chi connectivity index (χ4n) is 2.65. The van der Waals surface area contributed by atoms with Gasteiger partial charge in [0.1, 0.15) is 5.37 Å². The molecule has 1 unspecified atom stereocenters. The fourth-order valence-corrected chi connectivity index (χ4v) is 3.87. The lowest BCUT2D eigenvalue weighted by atomic mass is 10.1. The van der Waals surface area contributed by atoms with E-state index in [1.54, 1.807) is 11.8 Å². The molecule has 0 saturated carbocycles. The van der Waals surface area contributed by atoms with Crippen LogP contribution in [0.5, 0.6) is 0 Å². The maximum absolute atomic E-state index is 12.4. The summed E-state index contributed by atoms with van der Waals surface area (Å²) in [7, 11) is 0. The van der Waals surface area contributed by atoms with Crippen LogP contribution in [0.25, 0.3) is 0 Å². The van der Waals surface area contributed by atoms with Crippen LogP contribution in [0.1, 0.15) is 23.4 Å². The molecule has 0 bridgehead atoms. The summed E-state index contributed by atoms with van der Waals surface area (Å²) in [5.74, 6) is 0.405. The van der Waals surface area contributed by atoms with Crippen LogP contribution in [0, 0.1) is 6.92 Å². The first-order chi connectivity index (χ1) is 11.1. The van der Waals surface area contributed by atoms with Crippen molar-refractivity contribution in [1.29, 1.82) is 0 Å². The summed E-state index contributed by atoms with van der Waals surface area (Å²) in [6, 6.07) is 15.6. The molecule has 2 aromatic carbocycles. The minimum Gasteiger partial charge on any atom is -0.326 e. The van der Waals surface area contributed by atoms with Crippen molar-refractivity contribution in [3.63, 3.8) is 0 Å². The highest BCUT2D eigenvalue weighted by Crippen LogP contribution is 2.44. The summed E-state index contributed by atoms with van der Waals surface area (Å²) in [6.07, 6.45) is 0. The van der Waals surface area contributed by atoms with E-state index in [2.05, 4.69) is 5.32 Å². The number of aryl methyl sites for hydroxylation is 1. The number of thioether (sulfide) groups is 1. The Morgan fingerprint density at radius 2 is 1.87 bits per heavy atom. The average Bonchev–Trinajstić information content (AvgIpc) is 2.90. The molecule has 4 nitrogen and oxygen atoms in total. The van der Waals surface area contributed by atoms with Gasteiger partial charge in [-0.15, -0.1) is 11.8 Å². The summed E-state index contributed by atoms with van der Waals surface area (Å²) in [4.78, 5) is 25.6. The molecule has 0 radical (unpaired) electrons. The van der Waals surface area contributed by atoms with Crippen LogP contribution < -0.4 is 10.2 Å². The van der Waals surface area contributed by atoms with Crippen molar-refractivity contribution in [1.82, 2.24) is 0 Å². The zero-order valence-corrected chi connectivity index (χ0v) is 13.9. The molecular weight excluding hydrogens is 308 g/mol. The molecule has 2 aromatic rings. The minimum atomic E-state index is -0.131. The van der Waals surface area contributed by atoms with Gasteiger partial charge in [-0.05, 0) is 25.1 Å². The Labute approximate surface area is 139 Å². The van der Waals surface area contributed by atoms with Crippen LogP contribution in [-0.4, -0.2) is 17.6 Å². The van der Waals surface area contributed by atoms with Gasteiger partial charge in [0, 0.05) is 23.9 Å². The van der Waals surface area contributed by atoms with Gasteiger partial charge >= 0.3 is 0 Å². The van der Waals surface area contributed by atoms with Crippen molar-refractivity contribution in [2.24, 2.45) is 0 Å². The Bertz CT molecular complexity index is 743. The van der Waals surface area contributed by atoms with E-state index in [4.69, 9.17) is 0 Å². The van der Waals surface area contributed by atoms with E-state index in [-0.39, 0.29) is 17.2 Å². The molecule has 1 heterocycles. The average molecular weight is 326 g/mol. The summed E-state index contributed by atoms with van der Waals surface area (Å²) >= 11 is 1.58. The number of nitrogens with one attached hydrogen (secondary N) is 1. The van der Waals surface area contributed by atoms with Gasteiger partial charge in [0.2, 0.25) is 11.8 Å². The van der Waals surface area contributed by atoms with Gasteiger partial charge in [-0.3, -0.25) is 14.5 Å². The van der Waals surface area contributed by atoms with Crippen molar-refractivity contribution < 1.29 is 9.59 Å². The number of para-hydroxylation sites is 1. The third kappa shape index (κ3) is 3.24. The van der Waals surface area contributed by atoms with Gasteiger partial charge in [-0.2, -0.15) is 0 Å². The molecule has 1 fully saturated rings. The number of nitrogens with zero attached hydrogens (tertiary/aromatic N) is 1. The molecule has 1 aliphatic heterocycles. The standard InChI is InChI=1S/C18H18N2O2S/c1-12-7-9-14(10-8-12)20-17(22)11-23-18(20)15-5-3-4-6-16(15)19-13(2)21/h3-10,18H,11H2,1-2H3,(H,19,21). The molecule has 2 amide bonds. The van der Waals surface area contributed by atoms with Crippen molar-refractivity contribution in [3.05, 3.63) is 59.7 Å². The molecule has 1 N–H and O–H groups in total. The van der Waals surface area contributed by atoms with Crippen LogP contribution in [0.15, 0.2) is 48.5 Å². The lowest BCUT2D eigenvalue weighted by Gasteiger charge is -2.26. The highest BCUT2D eigenvalue weighted by Gasteiger charge is 2.35. The zero-order valence-electron chi connectivity index (χ0n) is 13.1. The number of benzene rings is 2. The SMILES string of the molecule is CC(=O)Nc1ccccc1C1SCC(=O)N1c1ccc(C)cc1. The van der Waals surface area contributed by atoms with Gasteiger partial charge in [-0.25, -0.2) is 0 Å². The Morgan fingerprint density at radius 1 is 1.17 bits per heavy atom. The maximum Gasteiger partial charge on any atom is 0.238 e. The Kier molecular flexibility index (Phi) is 4.39. The second-order valence-corrected chi connectivity index (χ2v) is 6.60. The smallest absolute Gasteiger partial charge is 0.238 e. The highest BCUT2D eigenvalue weighted by molar-refractivity contribution is 8.00. The molecule has 0 spiro atoms. The first-order valence-corrected chi connectivity index (χ1v) is 8.48. The number of hydrogen-bond donors (Lipinski definition) is 1. The number of carbonyl (C=O) groups is 2. The summed E-state index contributed by atoms with van der Waals surface area (Å²) in [5, 5.41) is 2.72. The molecule has 1 atom stereocenters. The van der Waals surface area contributed by atoms with Crippen LogP contribution in [0.3, 0.4) is 0 Å². The van der Waals surface area contributed by atoms with Crippen molar-refractivity contribution in [3.8, 4) is 0 Å². The van der Waals surface area contributed by atoms with Crippen LogP contribution in [-0.2, 0) is 9.59 Å². The van der Waals surface area contributed by atoms with Crippen LogP contribution in [0.2, 0.25) is 0 Å². The summed E-state index contributed by atoms with van der Waals surface area (Å²) in [5.41, 5.74) is 3.74. The summed E-state index contributed by atoms with van der Waals surface area (Å²) < 4.78 is 0. The van der Waals surface area contributed by atoms with Crippen LogP contribution in [0.4, 0.5) is 11.4 Å². The lowest BCUT2D eigenvalue weighted by molar-refractivity contribution is -0.116. The Hall–Kier alpha value is -2.27. The highest BCUT2D eigenvalue weighted by atomic mass is 32.2. The first-order valence-electron chi connectivity index (χ1n) is 7.43. The molecular formula is C18H18N2O2S. The third-order valence-corrected chi connectivity index (χ3v) is 4.91. The van der Waals surface area contributed by atoms with E-state index < -0.39 is 0 Å². The molecule has 23 heavy (non-hydrogen) atoms. The van der Waals surface area contributed by atoms with Gasteiger partial charge in [0.25, 0.3) is 0 Å². The molecule has 118 valence electrons. The number of carbonyl (C=O) groups excluding carboxylic acids is 2. The number of rotatable bonds is 3. The Balaban J connectivity index is 2.00. The molecule has 1 aliphatic rings. The second kappa shape index (κ2) is 6.46. The second-order valence-electron chi connectivity index (χ2n) is 5.53. The van der Waals surface area contributed by atoms with Gasteiger partial charge in [-0.1, -0.05) is 35.9 Å². The van der Waals surface area contributed by atoms with Crippen molar-refractivity contribution >= 4 is 35.0 Å². The topological polar surface area (TPSA) is 49.4 Å². The molecule has 0 aliphatic carbocycles. The van der Waals surface area contributed by atoms with Gasteiger partial charge < -0.3 is 5.32 Å². The van der Waals surface area contributed by atoms with E-state index in [1.807, 2.05) is 60.4 Å².